The van der Waals surface area contributed by atoms with Crippen LogP contribution in [0.25, 0.3) is 0 Å². The Morgan fingerprint density at radius 1 is 1.50 bits per heavy atom. The lowest BCUT2D eigenvalue weighted by molar-refractivity contribution is 0.397. The summed E-state index contributed by atoms with van der Waals surface area (Å²) in [5, 5.41) is 4.13. The van der Waals surface area contributed by atoms with Crippen molar-refractivity contribution in [3.05, 3.63) is 36.2 Å². The second-order valence-electron chi connectivity index (χ2n) is 3.25. The molecule has 2 aromatic heterocycles. The number of nitrogens with one attached hydrogen (secondary N) is 1. The molecule has 0 saturated heterocycles. The molecular weight excluding hydrogens is 206 g/mol. The summed E-state index contributed by atoms with van der Waals surface area (Å²) in [6.07, 6.45) is 3.63. The van der Waals surface area contributed by atoms with Crippen LogP contribution in [-0.4, -0.2) is 21.9 Å². The second-order valence-corrected chi connectivity index (χ2v) is 3.25. The van der Waals surface area contributed by atoms with E-state index in [1.54, 1.807) is 13.3 Å². The van der Waals surface area contributed by atoms with Gasteiger partial charge in [-0.2, -0.15) is 10.1 Å². The number of aromatic nitrogens is 3. The summed E-state index contributed by atoms with van der Waals surface area (Å²) in [5.41, 5.74) is 3.52. The van der Waals surface area contributed by atoms with Crippen LogP contribution in [0.15, 0.2) is 30.6 Å². The molecule has 0 saturated carbocycles. The van der Waals surface area contributed by atoms with E-state index in [1.807, 2.05) is 29.1 Å². The number of anilines is 1. The predicted molar refractivity (Wildman–Crippen MR) is 59.9 cm³/mol. The van der Waals surface area contributed by atoms with Crippen molar-refractivity contribution in [2.24, 2.45) is 5.84 Å². The summed E-state index contributed by atoms with van der Waals surface area (Å²) in [4.78, 5) is 4.11. The maximum Gasteiger partial charge on any atom is 0.215 e. The van der Waals surface area contributed by atoms with Gasteiger partial charge in [0.2, 0.25) is 5.88 Å². The van der Waals surface area contributed by atoms with Crippen LogP contribution in [0.5, 0.6) is 5.88 Å². The van der Waals surface area contributed by atoms with Gasteiger partial charge in [-0.3, -0.25) is 4.68 Å². The Labute approximate surface area is 93.0 Å². The Bertz CT molecular complexity index is 432. The highest BCUT2D eigenvalue weighted by atomic mass is 16.5. The number of rotatable bonds is 4. The SMILES string of the molecule is COc1cc(Cn2cccn2)cc(NN)n1. The average Bonchev–Trinajstić information content (AvgIpc) is 2.81. The van der Waals surface area contributed by atoms with Crippen LogP contribution in [0.1, 0.15) is 5.56 Å². The fourth-order valence-electron chi connectivity index (χ4n) is 1.41. The molecule has 6 heteroatoms. The number of nitrogens with zero attached hydrogens (tertiary/aromatic N) is 3. The van der Waals surface area contributed by atoms with E-state index in [4.69, 9.17) is 10.6 Å². The van der Waals surface area contributed by atoms with Crippen LogP contribution in [0.4, 0.5) is 5.82 Å². The molecule has 0 aliphatic rings. The van der Waals surface area contributed by atoms with Gasteiger partial charge in [-0.25, -0.2) is 5.84 Å². The normalized spacial score (nSPS) is 10.1. The number of nitrogen functional groups attached to an aromatic ring is 1. The molecular formula is C10H13N5O. The third-order valence-corrected chi connectivity index (χ3v) is 2.12. The summed E-state index contributed by atoms with van der Waals surface area (Å²) in [6, 6.07) is 5.58. The molecule has 3 N–H and O–H groups in total. The van der Waals surface area contributed by atoms with Gasteiger partial charge in [-0.15, -0.1) is 0 Å². The van der Waals surface area contributed by atoms with Gasteiger partial charge in [0.05, 0.1) is 13.7 Å². The fraction of sp³-hybridized carbons (Fsp3) is 0.200. The molecule has 0 aromatic carbocycles. The number of ether oxygens (including phenoxy) is 1. The molecule has 2 rings (SSSR count). The zero-order valence-electron chi connectivity index (χ0n) is 8.92. The third kappa shape index (κ3) is 2.29. The van der Waals surface area contributed by atoms with E-state index in [9.17, 15) is 0 Å². The highest BCUT2D eigenvalue weighted by Crippen LogP contribution is 2.15. The lowest BCUT2D eigenvalue weighted by Crippen LogP contribution is -2.10. The lowest BCUT2D eigenvalue weighted by Gasteiger charge is -2.07. The van der Waals surface area contributed by atoms with Gasteiger partial charge in [-0.1, -0.05) is 0 Å². The molecule has 0 unspecified atom stereocenters. The number of hydrazine groups is 1. The minimum Gasteiger partial charge on any atom is -0.481 e. The van der Waals surface area contributed by atoms with Gasteiger partial charge in [0.15, 0.2) is 0 Å². The molecule has 0 bridgehead atoms. The predicted octanol–water partition coefficient (Wildman–Crippen LogP) is 0.621. The van der Waals surface area contributed by atoms with Gasteiger partial charge in [0.1, 0.15) is 5.82 Å². The van der Waals surface area contributed by atoms with Crippen molar-refractivity contribution in [3.63, 3.8) is 0 Å². The Balaban J connectivity index is 2.26. The van der Waals surface area contributed by atoms with Gasteiger partial charge < -0.3 is 10.2 Å². The first-order valence-corrected chi connectivity index (χ1v) is 4.81. The maximum absolute atomic E-state index is 5.33. The van der Waals surface area contributed by atoms with E-state index >= 15 is 0 Å². The number of nitrogens with two attached hydrogens (primary N) is 1. The molecule has 0 amide bonds. The van der Waals surface area contributed by atoms with Crippen molar-refractivity contribution in [2.75, 3.05) is 12.5 Å². The molecule has 16 heavy (non-hydrogen) atoms. The van der Waals surface area contributed by atoms with Crippen LogP contribution in [-0.2, 0) is 6.54 Å². The van der Waals surface area contributed by atoms with Crippen LogP contribution in [0, 0.1) is 0 Å². The third-order valence-electron chi connectivity index (χ3n) is 2.12. The molecule has 0 aliphatic heterocycles. The number of methoxy groups -OCH3 is 1. The standard InChI is InChI=1S/C10H13N5O/c1-16-10-6-8(5-9(13-10)14-11)7-15-4-2-3-12-15/h2-6H,7,11H2,1H3,(H,13,14). The van der Waals surface area contributed by atoms with E-state index in [-0.39, 0.29) is 0 Å². The molecule has 0 fully saturated rings. The molecule has 0 atom stereocenters. The fourth-order valence-corrected chi connectivity index (χ4v) is 1.41. The van der Waals surface area contributed by atoms with Gasteiger partial charge >= 0.3 is 0 Å². The molecule has 0 aliphatic carbocycles. The summed E-state index contributed by atoms with van der Waals surface area (Å²) < 4.78 is 6.89. The van der Waals surface area contributed by atoms with Crippen molar-refractivity contribution >= 4 is 5.82 Å². The summed E-state index contributed by atoms with van der Waals surface area (Å²) in [5.74, 6) is 6.42. The summed E-state index contributed by atoms with van der Waals surface area (Å²) in [6.45, 7) is 0.653. The zero-order chi connectivity index (χ0) is 11.4. The van der Waals surface area contributed by atoms with Gasteiger partial charge in [-0.05, 0) is 17.7 Å². The highest BCUT2D eigenvalue weighted by molar-refractivity contribution is 5.40. The minimum atomic E-state index is 0.526. The summed E-state index contributed by atoms with van der Waals surface area (Å²) in [7, 11) is 1.57. The summed E-state index contributed by atoms with van der Waals surface area (Å²) >= 11 is 0. The van der Waals surface area contributed by atoms with Crippen molar-refractivity contribution in [3.8, 4) is 5.88 Å². The Morgan fingerprint density at radius 3 is 3.00 bits per heavy atom. The van der Waals surface area contributed by atoms with E-state index in [1.165, 1.54) is 0 Å². The van der Waals surface area contributed by atoms with Crippen molar-refractivity contribution in [1.29, 1.82) is 0 Å². The van der Waals surface area contributed by atoms with E-state index in [0.29, 0.717) is 18.2 Å². The van der Waals surface area contributed by atoms with E-state index in [0.717, 1.165) is 5.56 Å². The van der Waals surface area contributed by atoms with E-state index < -0.39 is 0 Å². The first-order chi connectivity index (χ1) is 7.81. The average molecular weight is 219 g/mol. The van der Waals surface area contributed by atoms with Gasteiger partial charge in [0.25, 0.3) is 0 Å². The Kier molecular flexibility index (Phi) is 3.02. The Hall–Kier alpha value is -2.08. The second kappa shape index (κ2) is 4.63. The zero-order valence-corrected chi connectivity index (χ0v) is 8.92. The number of hydrogen-bond donors (Lipinski definition) is 2. The molecule has 0 radical (unpaired) electrons. The lowest BCUT2D eigenvalue weighted by atomic mass is 10.2. The van der Waals surface area contributed by atoms with Crippen LogP contribution in [0.2, 0.25) is 0 Å². The highest BCUT2D eigenvalue weighted by Gasteiger charge is 2.03. The van der Waals surface area contributed by atoms with Crippen LogP contribution < -0.4 is 16.0 Å². The first-order valence-electron chi connectivity index (χ1n) is 4.81. The van der Waals surface area contributed by atoms with E-state index in [2.05, 4.69) is 15.5 Å². The Morgan fingerprint density at radius 2 is 2.38 bits per heavy atom. The smallest absolute Gasteiger partial charge is 0.215 e. The topological polar surface area (TPSA) is 78.0 Å². The van der Waals surface area contributed by atoms with Crippen LogP contribution in [0.3, 0.4) is 0 Å². The maximum atomic E-state index is 5.33. The largest absolute Gasteiger partial charge is 0.481 e. The number of hydrogen-bond acceptors (Lipinski definition) is 5. The quantitative estimate of drug-likeness (QED) is 0.582. The minimum absolute atomic E-state index is 0.526. The molecule has 84 valence electrons. The molecule has 6 nitrogen and oxygen atoms in total. The molecule has 2 aromatic rings. The van der Waals surface area contributed by atoms with Gasteiger partial charge in [0, 0.05) is 18.5 Å². The number of pyridine rings is 1. The van der Waals surface area contributed by atoms with Crippen molar-refractivity contribution in [2.45, 2.75) is 6.54 Å². The van der Waals surface area contributed by atoms with Crippen molar-refractivity contribution < 1.29 is 4.74 Å². The van der Waals surface area contributed by atoms with Crippen molar-refractivity contribution in [1.82, 2.24) is 14.8 Å². The van der Waals surface area contributed by atoms with Crippen LogP contribution >= 0.6 is 0 Å². The monoisotopic (exact) mass is 219 g/mol. The molecule has 0 spiro atoms. The first kappa shape index (κ1) is 10.4. The molecule has 2 heterocycles.